The molecule has 5 rings (SSSR count). The molecule has 0 radical (unpaired) electrons. The van der Waals surface area contributed by atoms with Crippen LogP contribution < -0.4 is 53.2 Å². The lowest BCUT2D eigenvalue weighted by molar-refractivity contribution is -0.0310. The molecule has 268 valence electrons. The van der Waals surface area contributed by atoms with Crippen LogP contribution >= 0.6 is 0 Å². The predicted molar refractivity (Wildman–Crippen MR) is 167 cm³/mol. The quantitative estimate of drug-likeness (QED) is 0.0755. The van der Waals surface area contributed by atoms with Crippen molar-refractivity contribution < 1.29 is 35.4 Å². The Kier molecular flexibility index (Phi) is 13.7. The predicted octanol–water partition coefficient (Wildman–Crippen LogP) is -5.64. The van der Waals surface area contributed by atoms with E-state index in [1.165, 1.54) is 0 Å². The molecule has 5 aliphatic rings. The van der Waals surface area contributed by atoms with E-state index >= 15 is 0 Å². The van der Waals surface area contributed by atoms with Gasteiger partial charge in [-0.05, 0) is 25.7 Å². The molecule has 1 aliphatic carbocycles. The third-order valence-corrected chi connectivity index (χ3v) is 10.2. The summed E-state index contributed by atoms with van der Waals surface area (Å²) in [6.45, 7) is 5.76. The third kappa shape index (κ3) is 12.3. The van der Waals surface area contributed by atoms with Crippen molar-refractivity contribution >= 4 is 20.2 Å². The minimum atomic E-state index is -4.07. The number of morpholine rings is 2. The lowest BCUT2D eigenvalue weighted by Crippen LogP contribution is -2.79. The van der Waals surface area contributed by atoms with Crippen LogP contribution in [0.15, 0.2) is 0 Å². The van der Waals surface area contributed by atoms with Crippen molar-refractivity contribution in [3.05, 3.63) is 0 Å². The SMILES string of the molecule is O=S(=O)(O)CCNC1NC(NC2CCC(NC3NC(NCCS(=O)(=O)O)NC(N4CCOCC4)N3)CC2)NC(N2CCOCC2)N1. The first-order chi connectivity index (χ1) is 22.0. The van der Waals surface area contributed by atoms with Crippen molar-refractivity contribution in [2.75, 3.05) is 77.2 Å². The molecule has 0 spiro atoms. The number of nitrogens with one attached hydrogen (secondary N) is 10. The van der Waals surface area contributed by atoms with Crippen LogP contribution in [0.25, 0.3) is 0 Å². The molecule has 0 aromatic rings. The van der Waals surface area contributed by atoms with Gasteiger partial charge in [-0.15, -0.1) is 0 Å². The Morgan fingerprint density at radius 3 is 1.26 bits per heavy atom. The highest BCUT2D eigenvalue weighted by Crippen LogP contribution is 2.20. The zero-order valence-corrected chi connectivity index (χ0v) is 27.6. The minimum absolute atomic E-state index is 0.0882. The summed E-state index contributed by atoms with van der Waals surface area (Å²) in [5.41, 5.74) is 0. The number of ether oxygens (including phenoxy) is 2. The average molecular weight is 701 g/mol. The maximum Gasteiger partial charge on any atom is 0.266 e. The first-order valence-electron chi connectivity index (χ1n) is 16.1. The van der Waals surface area contributed by atoms with Gasteiger partial charge in [0.15, 0.2) is 0 Å². The summed E-state index contributed by atoms with van der Waals surface area (Å²) in [7, 11) is -8.14. The number of rotatable bonds is 14. The van der Waals surface area contributed by atoms with Gasteiger partial charge in [-0.1, -0.05) is 0 Å². The fourth-order valence-corrected chi connectivity index (χ4v) is 7.09. The first-order valence-corrected chi connectivity index (χ1v) is 19.3. The van der Waals surface area contributed by atoms with Crippen molar-refractivity contribution in [1.29, 1.82) is 0 Å². The highest BCUT2D eigenvalue weighted by Gasteiger charge is 2.35. The van der Waals surface area contributed by atoms with Crippen molar-refractivity contribution in [2.45, 2.75) is 75.5 Å². The van der Waals surface area contributed by atoms with Crippen molar-refractivity contribution in [3.63, 3.8) is 0 Å². The second-order valence-electron chi connectivity index (χ2n) is 12.2. The molecular formula is C24H52N12O8S2. The summed E-state index contributed by atoms with van der Waals surface area (Å²) in [5, 5.41) is 34.4. The monoisotopic (exact) mass is 700 g/mol. The number of hydrogen-bond acceptors (Lipinski definition) is 18. The van der Waals surface area contributed by atoms with E-state index in [0.717, 1.165) is 51.9 Å². The van der Waals surface area contributed by atoms with Crippen LogP contribution in [0.5, 0.6) is 0 Å². The van der Waals surface area contributed by atoms with Crippen LogP contribution in [0, 0.1) is 0 Å². The molecule has 5 fully saturated rings. The van der Waals surface area contributed by atoms with Crippen LogP contribution in [0.2, 0.25) is 0 Å². The van der Waals surface area contributed by atoms with E-state index in [9.17, 15) is 16.8 Å². The molecule has 0 aromatic carbocycles. The Hall–Kier alpha value is -0.740. The molecule has 4 heterocycles. The zero-order chi connectivity index (χ0) is 32.6. The molecule has 0 amide bonds. The fourth-order valence-electron chi connectivity index (χ4n) is 6.34. The molecule has 22 heteroatoms. The van der Waals surface area contributed by atoms with Crippen LogP contribution in [0.3, 0.4) is 0 Å². The molecule has 20 nitrogen and oxygen atoms in total. The molecule has 46 heavy (non-hydrogen) atoms. The van der Waals surface area contributed by atoms with Crippen molar-refractivity contribution in [1.82, 2.24) is 63.0 Å². The van der Waals surface area contributed by atoms with Gasteiger partial charge in [0.1, 0.15) is 37.7 Å². The lowest BCUT2D eigenvalue weighted by atomic mass is 9.91. The largest absolute Gasteiger partial charge is 0.379 e. The molecule has 6 atom stereocenters. The summed E-state index contributed by atoms with van der Waals surface area (Å²) in [4.78, 5) is 4.48. The molecule has 4 saturated heterocycles. The molecule has 0 aromatic heterocycles. The smallest absolute Gasteiger partial charge is 0.266 e. The minimum Gasteiger partial charge on any atom is -0.379 e. The molecule has 12 N–H and O–H groups in total. The topological polar surface area (TPSA) is 254 Å². The van der Waals surface area contributed by atoms with Gasteiger partial charge in [-0.3, -0.25) is 72.1 Å². The van der Waals surface area contributed by atoms with E-state index in [0.29, 0.717) is 26.4 Å². The Bertz CT molecular complexity index is 1050. The molecule has 4 aliphatic heterocycles. The Morgan fingerprint density at radius 1 is 0.565 bits per heavy atom. The van der Waals surface area contributed by atoms with E-state index in [1.54, 1.807) is 0 Å². The van der Waals surface area contributed by atoms with Crippen LogP contribution in [-0.2, 0) is 29.7 Å². The summed E-state index contributed by atoms with van der Waals surface area (Å²) < 4.78 is 74.1. The van der Waals surface area contributed by atoms with Gasteiger partial charge in [-0.25, -0.2) is 0 Å². The van der Waals surface area contributed by atoms with Crippen molar-refractivity contribution in [2.24, 2.45) is 0 Å². The molecule has 6 unspecified atom stereocenters. The van der Waals surface area contributed by atoms with E-state index in [-0.39, 0.29) is 74.4 Å². The second kappa shape index (κ2) is 17.3. The summed E-state index contributed by atoms with van der Waals surface area (Å²) in [6, 6.07) is 0.490. The molecular weight excluding hydrogens is 648 g/mol. The number of hydrogen-bond donors (Lipinski definition) is 12. The normalized spacial score (nSPS) is 36.0. The summed E-state index contributed by atoms with van der Waals surface area (Å²) in [5.74, 6) is -0.764. The van der Waals surface area contributed by atoms with E-state index in [2.05, 4.69) is 63.0 Å². The van der Waals surface area contributed by atoms with Gasteiger partial charge in [0.05, 0.1) is 37.9 Å². The average Bonchev–Trinajstić information content (AvgIpc) is 3.01. The fraction of sp³-hybridized carbons (Fsp3) is 1.00. The Balaban J connectivity index is 1.10. The van der Waals surface area contributed by atoms with Gasteiger partial charge >= 0.3 is 0 Å². The van der Waals surface area contributed by atoms with Gasteiger partial charge in [-0.2, -0.15) is 16.8 Å². The van der Waals surface area contributed by atoms with Gasteiger partial charge in [0.25, 0.3) is 20.2 Å². The van der Waals surface area contributed by atoms with Crippen LogP contribution in [0.1, 0.15) is 25.7 Å². The molecule has 1 saturated carbocycles. The number of nitrogens with zero attached hydrogens (tertiary/aromatic N) is 2. The van der Waals surface area contributed by atoms with E-state index in [1.807, 2.05) is 0 Å². The Labute approximate surface area is 271 Å². The maximum absolute atomic E-state index is 11.2. The van der Waals surface area contributed by atoms with Gasteiger partial charge in [0.2, 0.25) is 0 Å². The van der Waals surface area contributed by atoms with E-state index < -0.39 is 20.2 Å². The second-order valence-corrected chi connectivity index (χ2v) is 15.3. The van der Waals surface area contributed by atoms with Gasteiger partial charge in [0, 0.05) is 51.4 Å². The standard InChI is InChI=1S/C24H52N12O8S2/c37-45(38,39)15-5-25-19-29-21(33-23(31-19)35-7-11-43-12-8-35)27-17-1-2-18(4-3-17)28-22-30-20(26-6-16-46(40,41)42)32-24(34-22)36-9-13-44-14-10-36/h17-34H,1-16H2,(H,37,38,39)(H,40,41,42). The third-order valence-electron chi connectivity index (χ3n) is 8.74. The first kappa shape index (κ1) is 36.5. The maximum atomic E-state index is 11.2. The highest BCUT2D eigenvalue weighted by atomic mass is 32.2. The summed E-state index contributed by atoms with van der Waals surface area (Å²) in [6.07, 6.45) is 2.13. The summed E-state index contributed by atoms with van der Waals surface area (Å²) >= 11 is 0. The molecule has 0 bridgehead atoms. The highest BCUT2D eigenvalue weighted by molar-refractivity contribution is 7.86. The van der Waals surface area contributed by atoms with Crippen LogP contribution in [0.4, 0.5) is 0 Å². The van der Waals surface area contributed by atoms with E-state index in [4.69, 9.17) is 18.6 Å². The van der Waals surface area contributed by atoms with Gasteiger partial charge < -0.3 is 9.47 Å². The Morgan fingerprint density at radius 2 is 0.913 bits per heavy atom. The zero-order valence-electron chi connectivity index (χ0n) is 26.0. The van der Waals surface area contributed by atoms with Crippen LogP contribution in [-0.4, -0.2) is 163 Å². The van der Waals surface area contributed by atoms with Crippen molar-refractivity contribution in [3.8, 4) is 0 Å². The lowest BCUT2D eigenvalue weighted by Gasteiger charge is -2.47.